The van der Waals surface area contributed by atoms with Gasteiger partial charge in [-0.15, -0.1) is 36.6 Å². The van der Waals surface area contributed by atoms with Crippen LogP contribution in [0, 0.1) is 5.92 Å². The number of thioether (sulfide) groups is 1. The number of nitrogens with one attached hydrogen (secondary N) is 2. The van der Waals surface area contributed by atoms with E-state index in [1.54, 1.807) is 11.8 Å². The van der Waals surface area contributed by atoms with Gasteiger partial charge in [0.2, 0.25) is 5.91 Å². The molecule has 2 aliphatic heterocycles. The number of piperidine rings is 1. The molecule has 0 radical (unpaired) electrons. The lowest BCUT2D eigenvalue weighted by Crippen LogP contribution is -2.47. The molecule has 2 N–H and O–H groups in total. The van der Waals surface area contributed by atoms with Crippen molar-refractivity contribution in [2.75, 3.05) is 31.3 Å². The van der Waals surface area contributed by atoms with E-state index >= 15 is 0 Å². The molecule has 0 bridgehead atoms. The Hall–Kier alpha value is 0.320. The van der Waals surface area contributed by atoms with Gasteiger partial charge in [0.1, 0.15) is 0 Å². The van der Waals surface area contributed by atoms with Crippen LogP contribution in [0.1, 0.15) is 26.7 Å². The van der Waals surface area contributed by atoms with Crippen LogP contribution in [0.3, 0.4) is 0 Å². The van der Waals surface area contributed by atoms with E-state index in [-0.39, 0.29) is 36.8 Å². The molecule has 0 spiro atoms. The highest BCUT2D eigenvalue weighted by Crippen LogP contribution is 2.18. The fourth-order valence-electron chi connectivity index (χ4n) is 2.66. The number of hydrogen-bond acceptors (Lipinski definition) is 4. The molecule has 0 aromatic heterocycles. The number of hydrogen-bond donors (Lipinski definition) is 2. The van der Waals surface area contributed by atoms with Gasteiger partial charge in [-0.1, -0.05) is 0 Å². The van der Waals surface area contributed by atoms with E-state index < -0.39 is 0 Å². The van der Waals surface area contributed by atoms with Gasteiger partial charge < -0.3 is 10.2 Å². The predicted octanol–water partition coefficient (Wildman–Crippen LogP) is 1.73. The van der Waals surface area contributed by atoms with Gasteiger partial charge in [0, 0.05) is 30.8 Å². The monoisotopic (exact) mass is 343 g/mol. The molecule has 2 heterocycles. The first kappa shape index (κ1) is 20.3. The zero-order chi connectivity index (χ0) is 13.0. The summed E-state index contributed by atoms with van der Waals surface area (Å²) >= 11 is 1.80. The van der Waals surface area contributed by atoms with Crippen molar-refractivity contribution in [1.82, 2.24) is 15.5 Å². The lowest BCUT2D eigenvalue weighted by Gasteiger charge is -2.35. The van der Waals surface area contributed by atoms with Gasteiger partial charge in [-0.25, -0.2) is 0 Å². The van der Waals surface area contributed by atoms with Gasteiger partial charge in [0.15, 0.2) is 0 Å². The summed E-state index contributed by atoms with van der Waals surface area (Å²) in [5.41, 5.74) is 0. The molecule has 0 aromatic carbocycles. The van der Waals surface area contributed by atoms with Crippen molar-refractivity contribution in [3.05, 3.63) is 0 Å². The van der Waals surface area contributed by atoms with Crippen molar-refractivity contribution in [3.63, 3.8) is 0 Å². The molecule has 0 aromatic rings. The summed E-state index contributed by atoms with van der Waals surface area (Å²) in [6.07, 6.45) is 2.51. The molecule has 2 unspecified atom stereocenters. The van der Waals surface area contributed by atoms with E-state index in [2.05, 4.69) is 29.4 Å². The van der Waals surface area contributed by atoms with Crippen LogP contribution in [-0.4, -0.2) is 54.2 Å². The number of halogens is 2. The van der Waals surface area contributed by atoms with Gasteiger partial charge in [0.25, 0.3) is 0 Å². The van der Waals surface area contributed by atoms with E-state index in [4.69, 9.17) is 0 Å². The molecule has 2 atom stereocenters. The molecule has 2 aliphatic rings. The van der Waals surface area contributed by atoms with Crippen molar-refractivity contribution >= 4 is 42.5 Å². The molecule has 4 nitrogen and oxygen atoms in total. The molecule has 1 amide bonds. The van der Waals surface area contributed by atoms with Crippen LogP contribution in [0.2, 0.25) is 0 Å². The third-order valence-electron chi connectivity index (χ3n) is 3.88. The fourth-order valence-corrected chi connectivity index (χ4v) is 3.61. The van der Waals surface area contributed by atoms with E-state index in [1.807, 2.05) is 0 Å². The second-order valence-corrected chi connectivity index (χ2v) is 6.64. The summed E-state index contributed by atoms with van der Waals surface area (Å²) in [6.45, 7) is 7.68. The van der Waals surface area contributed by atoms with Crippen molar-refractivity contribution in [2.45, 2.75) is 38.8 Å². The highest BCUT2D eigenvalue weighted by Gasteiger charge is 2.25. The van der Waals surface area contributed by atoms with Gasteiger partial charge >= 0.3 is 0 Å². The number of nitrogens with zero attached hydrogens (tertiary/aromatic N) is 1. The third-order valence-corrected chi connectivity index (χ3v) is 4.82. The smallest absolute Gasteiger partial charge is 0.238 e. The Bertz CT molecular complexity index is 289. The van der Waals surface area contributed by atoms with Gasteiger partial charge in [-0.05, 0) is 39.2 Å². The molecular weight excluding hydrogens is 317 g/mol. The minimum absolute atomic E-state index is 0. The Balaban J connectivity index is 0.00000180. The van der Waals surface area contributed by atoms with Crippen LogP contribution in [0.5, 0.6) is 0 Å². The topological polar surface area (TPSA) is 44.4 Å². The van der Waals surface area contributed by atoms with Crippen LogP contribution in [0.4, 0.5) is 0 Å². The maximum Gasteiger partial charge on any atom is 0.238 e. The largest absolute Gasteiger partial charge is 0.354 e. The van der Waals surface area contributed by atoms with E-state index in [0.717, 1.165) is 24.7 Å². The standard InChI is InChI=1S/C13H25N3OS.2ClH/c1-10(2)16-5-3-4-11(7-16)6-14-13(17)12-8-18-9-15-12;;/h10-12,15H,3-9H2,1-2H3,(H,14,17);2*1H. The van der Waals surface area contributed by atoms with Crippen LogP contribution in [-0.2, 0) is 4.79 Å². The van der Waals surface area contributed by atoms with Crippen LogP contribution in [0.15, 0.2) is 0 Å². The second kappa shape index (κ2) is 10.1. The van der Waals surface area contributed by atoms with E-state index in [0.29, 0.717) is 12.0 Å². The molecule has 20 heavy (non-hydrogen) atoms. The second-order valence-electron chi connectivity index (χ2n) is 5.61. The zero-order valence-electron chi connectivity index (χ0n) is 12.3. The average molecular weight is 344 g/mol. The summed E-state index contributed by atoms with van der Waals surface area (Å²) in [4.78, 5) is 14.4. The minimum atomic E-state index is 0. The predicted molar refractivity (Wildman–Crippen MR) is 91.2 cm³/mol. The van der Waals surface area contributed by atoms with Gasteiger partial charge in [0.05, 0.1) is 6.04 Å². The first-order chi connectivity index (χ1) is 8.66. The lowest BCUT2D eigenvalue weighted by atomic mass is 9.97. The van der Waals surface area contributed by atoms with E-state index in [1.165, 1.54) is 19.4 Å². The molecule has 2 rings (SSSR count). The molecule has 7 heteroatoms. The number of rotatable bonds is 4. The van der Waals surface area contributed by atoms with Crippen molar-refractivity contribution in [1.29, 1.82) is 0 Å². The first-order valence-electron chi connectivity index (χ1n) is 6.99. The van der Waals surface area contributed by atoms with Crippen LogP contribution >= 0.6 is 36.6 Å². The van der Waals surface area contributed by atoms with E-state index in [9.17, 15) is 4.79 Å². The Labute approximate surface area is 139 Å². The number of carbonyl (C=O) groups is 1. The lowest BCUT2D eigenvalue weighted by molar-refractivity contribution is -0.122. The third kappa shape index (κ3) is 5.98. The van der Waals surface area contributed by atoms with Crippen molar-refractivity contribution in [2.24, 2.45) is 5.92 Å². The SMILES string of the molecule is CC(C)N1CCCC(CNC(=O)C2CSCN2)C1.Cl.Cl. The maximum absolute atomic E-state index is 11.9. The molecule has 2 saturated heterocycles. The molecule has 120 valence electrons. The van der Waals surface area contributed by atoms with Crippen LogP contribution in [0.25, 0.3) is 0 Å². The molecule has 2 fully saturated rings. The number of carbonyl (C=O) groups excluding carboxylic acids is 1. The van der Waals surface area contributed by atoms with Gasteiger partial charge in [-0.2, -0.15) is 0 Å². The summed E-state index contributed by atoms with van der Waals surface area (Å²) in [5.74, 6) is 2.62. The number of amides is 1. The Morgan fingerprint density at radius 3 is 2.80 bits per heavy atom. The summed E-state index contributed by atoms with van der Waals surface area (Å²) < 4.78 is 0. The summed E-state index contributed by atoms with van der Waals surface area (Å²) in [5, 5.41) is 6.32. The minimum Gasteiger partial charge on any atom is -0.354 e. The fraction of sp³-hybridized carbons (Fsp3) is 0.923. The maximum atomic E-state index is 11.9. The molecule has 0 saturated carbocycles. The van der Waals surface area contributed by atoms with Crippen molar-refractivity contribution in [3.8, 4) is 0 Å². The summed E-state index contributed by atoms with van der Waals surface area (Å²) in [6, 6.07) is 0.649. The molecular formula is C13H27Cl2N3OS. The Kier molecular flexibility index (Phi) is 10.3. The first-order valence-corrected chi connectivity index (χ1v) is 8.15. The average Bonchev–Trinajstić information content (AvgIpc) is 2.90. The normalized spacial score (nSPS) is 26.8. The Morgan fingerprint density at radius 2 is 2.20 bits per heavy atom. The highest BCUT2D eigenvalue weighted by atomic mass is 35.5. The molecule has 0 aliphatic carbocycles. The van der Waals surface area contributed by atoms with Crippen LogP contribution < -0.4 is 10.6 Å². The number of likely N-dealkylation sites (tertiary alicyclic amines) is 1. The zero-order valence-corrected chi connectivity index (χ0v) is 14.7. The van der Waals surface area contributed by atoms with Crippen molar-refractivity contribution < 1.29 is 4.79 Å². The highest BCUT2D eigenvalue weighted by molar-refractivity contribution is 7.99. The quantitative estimate of drug-likeness (QED) is 0.815. The summed E-state index contributed by atoms with van der Waals surface area (Å²) in [7, 11) is 0. The van der Waals surface area contributed by atoms with Gasteiger partial charge in [-0.3, -0.25) is 10.1 Å². The Morgan fingerprint density at radius 1 is 1.45 bits per heavy atom.